The highest BCUT2D eigenvalue weighted by atomic mass is 15.0. The third kappa shape index (κ3) is 4.00. The molecule has 1 aromatic heterocycles. The molecule has 0 fully saturated rings. The first kappa shape index (κ1) is 14.9. The molecule has 2 aromatic rings. The molecule has 0 atom stereocenters. The molecule has 1 nitrogen and oxygen atoms in total. The van der Waals surface area contributed by atoms with Crippen LogP contribution in [-0.2, 0) is 13.0 Å². The minimum atomic E-state index is 1.11. The Morgan fingerprint density at radius 2 is 1.70 bits per heavy atom. The summed E-state index contributed by atoms with van der Waals surface area (Å²) < 4.78 is 2.42. The van der Waals surface area contributed by atoms with Gasteiger partial charge in [-0.15, -0.1) is 0 Å². The van der Waals surface area contributed by atoms with Crippen molar-refractivity contribution in [3.63, 3.8) is 0 Å². The van der Waals surface area contributed by atoms with Crippen molar-refractivity contribution >= 4 is 0 Å². The predicted molar refractivity (Wildman–Crippen MR) is 88.0 cm³/mol. The molecule has 20 heavy (non-hydrogen) atoms. The van der Waals surface area contributed by atoms with Crippen molar-refractivity contribution in [2.75, 3.05) is 0 Å². The molecular formula is C19H27N. The maximum Gasteiger partial charge on any atom is 0.0483 e. The second-order valence-corrected chi connectivity index (χ2v) is 5.60. The van der Waals surface area contributed by atoms with Gasteiger partial charge in [-0.1, -0.05) is 63.4 Å². The van der Waals surface area contributed by atoms with Crippen LogP contribution in [0, 0.1) is 0 Å². The topological polar surface area (TPSA) is 4.93 Å². The van der Waals surface area contributed by atoms with E-state index < -0.39 is 0 Å². The van der Waals surface area contributed by atoms with Gasteiger partial charge in [0.15, 0.2) is 0 Å². The number of unbranched alkanes of at least 4 members (excludes halogenated alkanes) is 3. The van der Waals surface area contributed by atoms with E-state index in [2.05, 4.69) is 61.0 Å². The van der Waals surface area contributed by atoms with Gasteiger partial charge in [-0.2, -0.15) is 0 Å². The van der Waals surface area contributed by atoms with Gasteiger partial charge >= 0.3 is 0 Å². The zero-order valence-electron chi connectivity index (χ0n) is 12.9. The SMILES string of the molecule is CCCCCCc1cc(-c2ccccc2)n(CCC)c1. The van der Waals surface area contributed by atoms with E-state index >= 15 is 0 Å². The quantitative estimate of drug-likeness (QED) is 0.543. The number of nitrogens with zero attached hydrogens (tertiary/aromatic N) is 1. The van der Waals surface area contributed by atoms with E-state index in [4.69, 9.17) is 0 Å². The molecular weight excluding hydrogens is 242 g/mol. The van der Waals surface area contributed by atoms with Crippen LogP contribution in [0.25, 0.3) is 11.3 Å². The largest absolute Gasteiger partial charge is 0.347 e. The summed E-state index contributed by atoms with van der Waals surface area (Å²) in [5, 5.41) is 0. The Hall–Kier alpha value is -1.50. The third-order valence-electron chi connectivity index (χ3n) is 3.81. The average Bonchev–Trinajstić information content (AvgIpc) is 2.88. The number of hydrogen-bond donors (Lipinski definition) is 0. The van der Waals surface area contributed by atoms with Gasteiger partial charge in [-0.25, -0.2) is 0 Å². The van der Waals surface area contributed by atoms with Gasteiger partial charge in [0.05, 0.1) is 0 Å². The Morgan fingerprint density at radius 1 is 0.900 bits per heavy atom. The maximum atomic E-state index is 2.42. The van der Waals surface area contributed by atoms with Gasteiger partial charge in [-0.3, -0.25) is 0 Å². The molecule has 0 amide bonds. The molecule has 0 aliphatic carbocycles. The minimum absolute atomic E-state index is 1.11. The fourth-order valence-corrected chi connectivity index (χ4v) is 2.74. The molecule has 0 radical (unpaired) electrons. The smallest absolute Gasteiger partial charge is 0.0483 e. The van der Waals surface area contributed by atoms with Crippen molar-refractivity contribution in [3.8, 4) is 11.3 Å². The normalized spacial score (nSPS) is 10.9. The maximum absolute atomic E-state index is 2.42. The van der Waals surface area contributed by atoms with E-state index in [1.54, 1.807) is 0 Å². The number of benzene rings is 1. The summed E-state index contributed by atoms with van der Waals surface area (Å²) >= 11 is 0. The Kier molecular flexibility index (Phi) is 5.91. The number of rotatable bonds is 8. The van der Waals surface area contributed by atoms with Crippen LogP contribution in [0.3, 0.4) is 0 Å². The van der Waals surface area contributed by atoms with E-state index in [-0.39, 0.29) is 0 Å². The molecule has 0 bridgehead atoms. The zero-order valence-corrected chi connectivity index (χ0v) is 12.9. The second kappa shape index (κ2) is 7.94. The van der Waals surface area contributed by atoms with Crippen LogP contribution in [-0.4, -0.2) is 4.57 Å². The molecule has 1 aromatic carbocycles. The van der Waals surface area contributed by atoms with Crippen molar-refractivity contribution in [3.05, 3.63) is 48.2 Å². The van der Waals surface area contributed by atoms with Crippen molar-refractivity contribution in [2.24, 2.45) is 0 Å². The molecule has 0 unspecified atom stereocenters. The van der Waals surface area contributed by atoms with Gasteiger partial charge < -0.3 is 4.57 Å². The first-order chi connectivity index (χ1) is 9.85. The molecule has 0 aliphatic heterocycles. The Bertz CT molecular complexity index is 496. The van der Waals surface area contributed by atoms with Crippen LogP contribution in [0.15, 0.2) is 42.6 Å². The summed E-state index contributed by atoms with van der Waals surface area (Å²) in [4.78, 5) is 0. The first-order valence-electron chi connectivity index (χ1n) is 8.09. The fourth-order valence-electron chi connectivity index (χ4n) is 2.74. The molecule has 0 spiro atoms. The molecule has 108 valence electrons. The monoisotopic (exact) mass is 269 g/mol. The minimum Gasteiger partial charge on any atom is -0.347 e. The molecule has 2 rings (SSSR count). The van der Waals surface area contributed by atoms with E-state index in [0.29, 0.717) is 0 Å². The first-order valence-corrected chi connectivity index (χ1v) is 8.09. The van der Waals surface area contributed by atoms with E-state index in [1.807, 2.05) is 0 Å². The summed E-state index contributed by atoms with van der Waals surface area (Å²) in [7, 11) is 0. The van der Waals surface area contributed by atoms with Crippen LogP contribution in [0.1, 0.15) is 51.5 Å². The van der Waals surface area contributed by atoms with Crippen LogP contribution in [0.5, 0.6) is 0 Å². The Labute approximate surface area is 123 Å². The lowest BCUT2D eigenvalue weighted by molar-refractivity contribution is 0.660. The summed E-state index contributed by atoms with van der Waals surface area (Å²) in [6, 6.07) is 13.1. The van der Waals surface area contributed by atoms with E-state index in [9.17, 15) is 0 Å². The van der Waals surface area contributed by atoms with Gasteiger partial charge in [0.25, 0.3) is 0 Å². The second-order valence-electron chi connectivity index (χ2n) is 5.60. The summed E-state index contributed by atoms with van der Waals surface area (Å²) in [5.74, 6) is 0. The third-order valence-corrected chi connectivity index (χ3v) is 3.81. The lowest BCUT2D eigenvalue weighted by Crippen LogP contribution is -1.97. The summed E-state index contributed by atoms with van der Waals surface area (Å²) in [5.41, 5.74) is 4.20. The molecule has 0 N–H and O–H groups in total. The van der Waals surface area contributed by atoms with Gasteiger partial charge in [0.1, 0.15) is 0 Å². The lowest BCUT2D eigenvalue weighted by atomic mass is 10.1. The van der Waals surface area contributed by atoms with Crippen LogP contribution >= 0.6 is 0 Å². The van der Waals surface area contributed by atoms with Crippen molar-refractivity contribution in [1.29, 1.82) is 0 Å². The summed E-state index contributed by atoms with van der Waals surface area (Å²) in [6.07, 6.45) is 10.1. The standard InChI is InChI=1S/C19H27N/c1-3-5-6-8-11-17-15-19(20(16-17)14-4-2)18-12-9-7-10-13-18/h7,9-10,12-13,15-16H,3-6,8,11,14H2,1-2H3. The van der Waals surface area contributed by atoms with E-state index in [0.717, 1.165) is 6.54 Å². The molecule has 0 saturated heterocycles. The molecule has 1 heteroatoms. The zero-order chi connectivity index (χ0) is 14.2. The highest BCUT2D eigenvalue weighted by Gasteiger charge is 2.07. The van der Waals surface area contributed by atoms with Crippen LogP contribution in [0.2, 0.25) is 0 Å². The van der Waals surface area contributed by atoms with Crippen molar-refractivity contribution < 1.29 is 0 Å². The highest BCUT2D eigenvalue weighted by molar-refractivity contribution is 5.61. The Balaban J connectivity index is 2.12. The number of hydrogen-bond acceptors (Lipinski definition) is 0. The predicted octanol–water partition coefficient (Wildman–Crippen LogP) is 5.69. The Morgan fingerprint density at radius 3 is 2.40 bits per heavy atom. The summed E-state index contributed by atoms with van der Waals surface area (Å²) in [6.45, 7) is 5.63. The van der Waals surface area contributed by atoms with Crippen molar-refractivity contribution in [1.82, 2.24) is 4.57 Å². The van der Waals surface area contributed by atoms with E-state index in [1.165, 1.54) is 55.3 Å². The van der Waals surface area contributed by atoms with Crippen LogP contribution < -0.4 is 0 Å². The highest BCUT2D eigenvalue weighted by Crippen LogP contribution is 2.23. The van der Waals surface area contributed by atoms with Gasteiger partial charge in [0, 0.05) is 18.4 Å². The van der Waals surface area contributed by atoms with Crippen LogP contribution in [0.4, 0.5) is 0 Å². The lowest BCUT2D eigenvalue weighted by Gasteiger charge is -2.07. The molecule has 1 heterocycles. The number of aryl methyl sites for hydroxylation is 2. The number of aromatic nitrogens is 1. The van der Waals surface area contributed by atoms with Gasteiger partial charge in [-0.05, 0) is 36.5 Å². The average molecular weight is 269 g/mol. The van der Waals surface area contributed by atoms with Gasteiger partial charge in [0.2, 0.25) is 0 Å². The molecule has 0 saturated carbocycles. The molecule has 0 aliphatic rings. The fraction of sp³-hybridized carbons (Fsp3) is 0.474. The van der Waals surface area contributed by atoms with Crippen molar-refractivity contribution in [2.45, 2.75) is 58.9 Å².